The standard InChI is InChI=1S/C11H15N3O3S/c15-6-8(17)5-14-11(10(7-16)12-13-14)4-9-2-1-3-18-9/h1-3,8,15-17H,4-7H2. The molecule has 98 valence electrons. The Morgan fingerprint density at radius 3 is 2.83 bits per heavy atom. The van der Waals surface area contributed by atoms with Gasteiger partial charge in [0.15, 0.2) is 0 Å². The van der Waals surface area contributed by atoms with Crippen LogP contribution in [0.1, 0.15) is 16.3 Å². The summed E-state index contributed by atoms with van der Waals surface area (Å²) in [5, 5.41) is 37.3. The van der Waals surface area contributed by atoms with Crippen LogP contribution in [0.4, 0.5) is 0 Å². The maximum Gasteiger partial charge on any atom is 0.112 e. The summed E-state index contributed by atoms with van der Waals surface area (Å²) in [5.41, 5.74) is 1.28. The average molecular weight is 269 g/mol. The van der Waals surface area contributed by atoms with E-state index in [0.717, 1.165) is 10.6 Å². The number of rotatable bonds is 6. The van der Waals surface area contributed by atoms with Gasteiger partial charge < -0.3 is 15.3 Å². The maximum atomic E-state index is 9.45. The minimum Gasteiger partial charge on any atom is -0.394 e. The Morgan fingerprint density at radius 2 is 2.22 bits per heavy atom. The Balaban J connectivity index is 2.22. The number of thiophene rings is 1. The van der Waals surface area contributed by atoms with Gasteiger partial charge in [-0.25, -0.2) is 4.68 Å². The van der Waals surface area contributed by atoms with E-state index in [1.165, 1.54) is 4.68 Å². The molecule has 0 radical (unpaired) electrons. The van der Waals surface area contributed by atoms with Crippen LogP contribution in [0.2, 0.25) is 0 Å². The van der Waals surface area contributed by atoms with E-state index in [-0.39, 0.29) is 19.8 Å². The number of aliphatic hydroxyl groups excluding tert-OH is 3. The lowest BCUT2D eigenvalue weighted by Crippen LogP contribution is -2.22. The largest absolute Gasteiger partial charge is 0.394 e. The molecule has 0 spiro atoms. The predicted octanol–water partition coefficient (Wildman–Crippen LogP) is -0.224. The molecular weight excluding hydrogens is 254 g/mol. The van der Waals surface area contributed by atoms with E-state index in [1.54, 1.807) is 11.3 Å². The van der Waals surface area contributed by atoms with E-state index < -0.39 is 6.10 Å². The van der Waals surface area contributed by atoms with Crippen molar-refractivity contribution in [2.75, 3.05) is 6.61 Å². The molecule has 18 heavy (non-hydrogen) atoms. The fraction of sp³-hybridized carbons (Fsp3) is 0.455. The normalized spacial score (nSPS) is 12.8. The van der Waals surface area contributed by atoms with E-state index in [2.05, 4.69) is 10.3 Å². The summed E-state index contributed by atoms with van der Waals surface area (Å²) in [5.74, 6) is 0. The molecule has 0 aromatic carbocycles. The fourth-order valence-electron chi connectivity index (χ4n) is 1.67. The second-order valence-electron chi connectivity index (χ2n) is 3.92. The molecular formula is C11H15N3O3S. The van der Waals surface area contributed by atoms with Gasteiger partial charge in [0.2, 0.25) is 0 Å². The predicted molar refractivity (Wildman–Crippen MR) is 66.2 cm³/mol. The molecule has 0 amide bonds. The quantitative estimate of drug-likeness (QED) is 0.674. The van der Waals surface area contributed by atoms with E-state index >= 15 is 0 Å². The van der Waals surface area contributed by atoms with Crippen molar-refractivity contribution in [3.8, 4) is 0 Å². The summed E-state index contributed by atoms with van der Waals surface area (Å²) in [6, 6.07) is 3.95. The lowest BCUT2D eigenvalue weighted by Gasteiger charge is -2.10. The Labute approximate surface area is 108 Å². The van der Waals surface area contributed by atoms with Crippen molar-refractivity contribution >= 4 is 11.3 Å². The second-order valence-corrected chi connectivity index (χ2v) is 4.95. The molecule has 6 nitrogen and oxygen atoms in total. The van der Waals surface area contributed by atoms with Gasteiger partial charge in [0.1, 0.15) is 5.69 Å². The molecule has 0 aliphatic heterocycles. The highest BCUT2D eigenvalue weighted by Crippen LogP contribution is 2.17. The zero-order valence-corrected chi connectivity index (χ0v) is 10.5. The summed E-state index contributed by atoms with van der Waals surface area (Å²) >= 11 is 1.61. The molecule has 1 atom stereocenters. The molecule has 0 saturated heterocycles. The highest BCUT2D eigenvalue weighted by molar-refractivity contribution is 7.09. The second kappa shape index (κ2) is 6.05. The average Bonchev–Trinajstić information content (AvgIpc) is 3.01. The van der Waals surface area contributed by atoms with Gasteiger partial charge in [0, 0.05) is 11.3 Å². The Morgan fingerprint density at radius 1 is 1.39 bits per heavy atom. The van der Waals surface area contributed by atoms with Crippen LogP contribution in [0, 0.1) is 0 Å². The molecule has 2 aromatic rings. The van der Waals surface area contributed by atoms with Gasteiger partial charge in [0.05, 0.1) is 31.6 Å². The lowest BCUT2D eigenvalue weighted by molar-refractivity contribution is 0.0771. The Hall–Kier alpha value is -1.28. The maximum absolute atomic E-state index is 9.45. The number of hydrogen-bond donors (Lipinski definition) is 3. The van der Waals surface area contributed by atoms with Crippen LogP contribution in [0.3, 0.4) is 0 Å². The monoisotopic (exact) mass is 269 g/mol. The molecule has 2 heterocycles. The molecule has 0 fully saturated rings. The first kappa shape index (κ1) is 13.2. The minimum atomic E-state index is -0.875. The Kier molecular flexibility index (Phi) is 4.43. The number of nitrogens with zero attached hydrogens (tertiary/aromatic N) is 3. The number of aliphatic hydroxyl groups is 3. The fourth-order valence-corrected chi connectivity index (χ4v) is 2.38. The summed E-state index contributed by atoms with van der Waals surface area (Å²) in [6.07, 6.45) is -0.265. The lowest BCUT2D eigenvalue weighted by atomic mass is 10.2. The van der Waals surface area contributed by atoms with Gasteiger partial charge in [-0.2, -0.15) is 0 Å². The zero-order chi connectivity index (χ0) is 13.0. The van der Waals surface area contributed by atoms with Crippen LogP contribution < -0.4 is 0 Å². The van der Waals surface area contributed by atoms with Crippen LogP contribution in [0.25, 0.3) is 0 Å². The van der Waals surface area contributed by atoms with Crippen molar-refractivity contribution in [1.29, 1.82) is 0 Å². The number of aromatic nitrogens is 3. The molecule has 1 unspecified atom stereocenters. The first-order valence-corrected chi connectivity index (χ1v) is 6.46. The zero-order valence-electron chi connectivity index (χ0n) is 9.73. The first-order valence-electron chi connectivity index (χ1n) is 5.58. The smallest absolute Gasteiger partial charge is 0.112 e. The van der Waals surface area contributed by atoms with Crippen LogP contribution >= 0.6 is 11.3 Å². The molecule has 2 aromatic heterocycles. The van der Waals surface area contributed by atoms with E-state index in [9.17, 15) is 10.2 Å². The van der Waals surface area contributed by atoms with Crippen LogP contribution in [0.15, 0.2) is 17.5 Å². The third-order valence-corrected chi connectivity index (χ3v) is 3.46. The number of hydrogen-bond acceptors (Lipinski definition) is 6. The van der Waals surface area contributed by atoms with Crippen molar-refractivity contribution in [2.45, 2.75) is 25.7 Å². The van der Waals surface area contributed by atoms with Crippen molar-refractivity contribution in [3.05, 3.63) is 33.8 Å². The SMILES string of the molecule is OCc1nnn(CC(O)CO)c1Cc1cccs1. The third kappa shape index (κ3) is 2.94. The van der Waals surface area contributed by atoms with E-state index in [1.807, 2.05) is 17.5 Å². The highest BCUT2D eigenvalue weighted by Gasteiger charge is 2.15. The Bertz CT molecular complexity index is 484. The van der Waals surface area contributed by atoms with Crippen molar-refractivity contribution in [3.63, 3.8) is 0 Å². The van der Waals surface area contributed by atoms with Gasteiger partial charge in [-0.3, -0.25) is 0 Å². The van der Waals surface area contributed by atoms with Gasteiger partial charge in [0.25, 0.3) is 0 Å². The van der Waals surface area contributed by atoms with Crippen molar-refractivity contribution in [1.82, 2.24) is 15.0 Å². The molecule has 3 N–H and O–H groups in total. The van der Waals surface area contributed by atoms with Crippen LogP contribution in [-0.2, 0) is 19.6 Å². The van der Waals surface area contributed by atoms with Gasteiger partial charge in [-0.15, -0.1) is 16.4 Å². The highest BCUT2D eigenvalue weighted by atomic mass is 32.1. The van der Waals surface area contributed by atoms with Crippen LogP contribution in [0.5, 0.6) is 0 Å². The van der Waals surface area contributed by atoms with Gasteiger partial charge >= 0.3 is 0 Å². The van der Waals surface area contributed by atoms with E-state index in [4.69, 9.17) is 5.11 Å². The van der Waals surface area contributed by atoms with Gasteiger partial charge in [-0.1, -0.05) is 11.3 Å². The molecule has 2 rings (SSSR count). The summed E-state index contributed by atoms with van der Waals surface area (Å²) in [7, 11) is 0. The van der Waals surface area contributed by atoms with E-state index in [0.29, 0.717) is 12.1 Å². The molecule has 0 bridgehead atoms. The summed E-state index contributed by atoms with van der Waals surface area (Å²) in [6.45, 7) is -0.340. The minimum absolute atomic E-state index is 0.171. The van der Waals surface area contributed by atoms with Crippen LogP contribution in [-0.4, -0.2) is 43.0 Å². The van der Waals surface area contributed by atoms with Crippen molar-refractivity contribution in [2.24, 2.45) is 0 Å². The molecule has 0 aliphatic carbocycles. The summed E-state index contributed by atoms with van der Waals surface area (Å²) in [4.78, 5) is 1.13. The molecule has 7 heteroatoms. The topological polar surface area (TPSA) is 91.4 Å². The molecule has 0 aliphatic rings. The van der Waals surface area contributed by atoms with Crippen molar-refractivity contribution < 1.29 is 15.3 Å². The first-order chi connectivity index (χ1) is 8.74. The third-order valence-electron chi connectivity index (χ3n) is 2.58. The molecule has 0 saturated carbocycles. The van der Waals surface area contributed by atoms with Gasteiger partial charge in [-0.05, 0) is 11.4 Å². The summed E-state index contributed by atoms with van der Waals surface area (Å²) < 4.78 is 1.53.